The Labute approximate surface area is 99.3 Å². The molecule has 1 rings (SSSR count). The summed E-state index contributed by atoms with van der Waals surface area (Å²) in [4.78, 5) is 6.93. The summed E-state index contributed by atoms with van der Waals surface area (Å²) in [5.41, 5.74) is 2.77. The molecule has 1 heterocycles. The second-order valence-corrected chi connectivity index (χ2v) is 5.10. The first-order valence-electron chi connectivity index (χ1n) is 6.39. The molecule has 2 unspecified atom stereocenters. The molecule has 1 aliphatic rings. The number of nitrogens with zero attached hydrogens (tertiary/aromatic N) is 2. The van der Waals surface area contributed by atoms with Gasteiger partial charge in [0.2, 0.25) is 5.96 Å². The van der Waals surface area contributed by atoms with Gasteiger partial charge in [-0.15, -0.1) is 0 Å². The molecule has 16 heavy (non-hydrogen) atoms. The Balaban J connectivity index is 2.73. The van der Waals surface area contributed by atoms with Crippen LogP contribution in [0.4, 0.5) is 0 Å². The molecule has 0 bridgehead atoms. The van der Waals surface area contributed by atoms with Crippen LogP contribution in [0.5, 0.6) is 0 Å². The fourth-order valence-electron chi connectivity index (χ4n) is 2.33. The minimum absolute atomic E-state index is 0.548. The molecular weight excluding hydrogens is 200 g/mol. The largest absolute Gasteiger partial charge is 0.336 e. The summed E-state index contributed by atoms with van der Waals surface area (Å²) < 4.78 is 0. The van der Waals surface area contributed by atoms with Crippen LogP contribution in [0.3, 0.4) is 0 Å². The lowest BCUT2D eigenvalue weighted by atomic mass is 10.2. The van der Waals surface area contributed by atoms with Crippen molar-refractivity contribution in [3.05, 3.63) is 0 Å². The van der Waals surface area contributed by atoms with Crippen LogP contribution in [0, 0.1) is 5.92 Å². The summed E-state index contributed by atoms with van der Waals surface area (Å²) in [6.45, 7) is 9.65. The van der Waals surface area contributed by atoms with Gasteiger partial charge in [-0.2, -0.15) is 0 Å². The first kappa shape index (κ1) is 13.3. The fraction of sp³-hybridized carbons (Fsp3) is 0.917. The SMILES string of the molecule is CCC1CCC(C)N1C(=NCC(C)C)NN. The molecule has 1 fully saturated rings. The smallest absolute Gasteiger partial charge is 0.208 e. The molecule has 4 heteroatoms. The molecule has 4 nitrogen and oxygen atoms in total. The highest BCUT2D eigenvalue weighted by Crippen LogP contribution is 2.25. The van der Waals surface area contributed by atoms with E-state index in [0.29, 0.717) is 18.0 Å². The fourth-order valence-corrected chi connectivity index (χ4v) is 2.33. The first-order valence-corrected chi connectivity index (χ1v) is 6.39. The second kappa shape index (κ2) is 6.09. The molecular formula is C12H26N4. The van der Waals surface area contributed by atoms with Gasteiger partial charge in [-0.1, -0.05) is 20.8 Å². The Morgan fingerprint density at radius 1 is 1.50 bits per heavy atom. The van der Waals surface area contributed by atoms with E-state index in [4.69, 9.17) is 5.84 Å². The highest BCUT2D eigenvalue weighted by Gasteiger charge is 2.31. The lowest BCUT2D eigenvalue weighted by Crippen LogP contribution is -2.49. The molecule has 1 aliphatic heterocycles. The van der Waals surface area contributed by atoms with Gasteiger partial charge in [0.1, 0.15) is 0 Å². The van der Waals surface area contributed by atoms with E-state index in [2.05, 4.69) is 43.0 Å². The Morgan fingerprint density at radius 3 is 2.69 bits per heavy atom. The van der Waals surface area contributed by atoms with Crippen molar-refractivity contribution in [3.8, 4) is 0 Å². The van der Waals surface area contributed by atoms with Gasteiger partial charge in [0, 0.05) is 18.6 Å². The number of aliphatic imine (C=N–C) groups is 1. The molecule has 0 aromatic carbocycles. The number of hydrogen-bond donors (Lipinski definition) is 2. The average Bonchev–Trinajstić information content (AvgIpc) is 2.61. The van der Waals surface area contributed by atoms with E-state index in [1.54, 1.807) is 0 Å². The zero-order valence-corrected chi connectivity index (χ0v) is 11.0. The van der Waals surface area contributed by atoms with Crippen LogP contribution >= 0.6 is 0 Å². The highest BCUT2D eigenvalue weighted by molar-refractivity contribution is 5.80. The Morgan fingerprint density at radius 2 is 2.19 bits per heavy atom. The van der Waals surface area contributed by atoms with Gasteiger partial charge in [-0.25, -0.2) is 5.84 Å². The minimum Gasteiger partial charge on any atom is -0.336 e. The third-order valence-corrected chi connectivity index (χ3v) is 3.24. The van der Waals surface area contributed by atoms with Crippen LogP contribution in [0.2, 0.25) is 0 Å². The molecule has 0 aliphatic carbocycles. The summed E-state index contributed by atoms with van der Waals surface area (Å²) in [5.74, 6) is 7.03. The van der Waals surface area contributed by atoms with E-state index < -0.39 is 0 Å². The summed E-state index contributed by atoms with van der Waals surface area (Å²) in [6.07, 6.45) is 3.65. The van der Waals surface area contributed by atoms with Crippen LogP contribution in [0.1, 0.15) is 47.0 Å². The Kier molecular flexibility index (Phi) is 5.06. The summed E-state index contributed by atoms with van der Waals surface area (Å²) in [6, 6.07) is 1.14. The first-order chi connectivity index (χ1) is 7.60. The number of likely N-dealkylation sites (tertiary alicyclic amines) is 1. The van der Waals surface area contributed by atoms with E-state index in [0.717, 1.165) is 18.9 Å². The van der Waals surface area contributed by atoms with Gasteiger partial charge in [0.25, 0.3) is 0 Å². The van der Waals surface area contributed by atoms with E-state index >= 15 is 0 Å². The second-order valence-electron chi connectivity index (χ2n) is 5.10. The van der Waals surface area contributed by atoms with E-state index in [1.807, 2.05) is 0 Å². The predicted octanol–water partition coefficient (Wildman–Crippen LogP) is 1.72. The minimum atomic E-state index is 0.548. The third-order valence-electron chi connectivity index (χ3n) is 3.24. The van der Waals surface area contributed by atoms with E-state index in [-0.39, 0.29) is 0 Å². The number of rotatable bonds is 3. The number of hydrogen-bond acceptors (Lipinski definition) is 2. The van der Waals surface area contributed by atoms with Gasteiger partial charge >= 0.3 is 0 Å². The predicted molar refractivity (Wildman–Crippen MR) is 69.1 cm³/mol. The topological polar surface area (TPSA) is 53.6 Å². The van der Waals surface area contributed by atoms with Gasteiger partial charge in [0.05, 0.1) is 0 Å². The van der Waals surface area contributed by atoms with Crippen molar-refractivity contribution >= 4 is 5.96 Å². The quantitative estimate of drug-likeness (QED) is 0.333. The number of guanidine groups is 1. The van der Waals surface area contributed by atoms with E-state index in [9.17, 15) is 0 Å². The molecule has 1 saturated heterocycles. The lowest BCUT2D eigenvalue weighted by Gasteiger charge is -2.30. The molecule has 94 valence electrons. The molecule has 0 amide bonds. The maximum atomic E-state index is 5.60. The van der Waals surface area contributed by atoms with Crippen LogP contribution in [-0.4, -0.2) is 29.5 Å². The van der Waals surface area contributed by atoms with Crippen molar-refractivity contribution in [2.24, 2.45) is 16.8 Å². The molecule has 0 aromatic heterocycles. The zero-order chi connectivity index (χ0) is 12.1. The number of nitrogens with one attached hydrogen (secondary N) is 1. The lowest BCUT2D eigenvalue weighted by molar-refractivity contribution is 0.309. The van der Waals surface area contributed by atoms with Crippen molar-refractivity contribution in [1.82, 2.24) is 10.3 Å². The standard InChI is InChI=1S/C12H26N4/c1-5-11-7-6-10(4)16(11)12(15-13)14-8-9(2)3/h9-11H,5-8,13H2,1-4H3,(H,14,15). The normalized spacial score (nSPS) is 26.6. The summed E-state index contributed by atoms with van der Waals surface area (Å²) in [7, 11) is 0. The molecule has 0 saturated carbocycles. The van der Waals surface area contributed by atoms with Crippen LogP contribution < -0.4 is 11.3 Å². The molecule has 0 radical (unpaired) electrons. The maximum absolute atomic E-state index is 5.60. The van der Waals surface area contributed by atoms with Crippen LogP contribution in [0.25, 0.3) is 0 Å². The molecule has 0 spiro atoms. The molecule has 3 N–H and O–H groups in total. The molecule has 0 aromatic rings. The number of nitrogens with two attached hydrogens (primary N) is 1. The zero-order valence-electron chi connectivity index (χ0n) is 11.0. The number of hydrazine groups is 1. The van der Waals surface area contributed by atoms with Crippen molar-refractivity contribution in [3.63, 3.8) is 0 Å². The van der Waals surface area contributed by atoms with E-state index in [1.165, 1.54) is 12.8 Å². The Hall–Kier alpha value is -0.770. The van der Waals surface area contributed by atoms with Crippen molar-refractivity contribution in [2.45, 2.75) is 59.0 Å². The summed E-state index contributed by atoms with van der Waals surface area (Å²) >= 11 is 0. The van der Waals surface area contributed by atoms with Crippen molar-refractivity contribution in [1.29, 1.82) is 0 Å². The third kappa shape index (κ3) is 3.11. The highest BCUT2D eigenvalue weighted by atomic mass is 15.4. The van der Waals surface area contributed by atoms with Crippen molar-refractivity contribution in [2.75, 3.05) is 6.54 Å². The van der Waals surface area contributed by atoms with Gasteiger partial charge in [-0.05, 0) is 32.1 Å². The van der Waals surface area contributed by atoms with Gasteiger partial charge < -0.3 is 4.90 Å². The maximum Gasteiger partial charge on any atom is 0.208 e. The van der Waals surface area contributed by atoms with Crippen LogP contribution in [0.15, 0.2) is 4.99 Å². The Bertz CT molecular complexity index is 237. The van der Waals surface area contributed by atoms with Gasteiger partial charge in [-0.3, -0.25) is 10.4 Å². The van der Waals surface area contributed by atoms with Crippen LogP contribution in [-0.2, 0) is 0 Å². The average molecular weight is 226 g/mol. The van der Waals surface area contributed by atoms with Crippen molar-refractivity contribution < 1.29 is 0 Å². The molecule has 2 atom stereocenters. The monoisotopic (exact) mass is 226 g/mol. The summed E-state index contributed by atoms with van der Waals surface area (Å²) in [5, 5.41) is 0. The van der Waals surface area contributed by atoms with Gasteiger partial charge in [0.15, 0.2) is 0 Å².